The maximum Gasteiger partial charge on any atom is 0.0596 e. The Labute approximate surface area is 115 Å². The molecule has 0 saturated carbocycles. The summed E-state index contributed by atoms with van der Waals surface area (Å²) >= 11 is 0. The van der Waals surface area contributed by atoms with Crippen molar-refractivity contribution in [2.75, 3.05) is 13.6 Å². The van der Waals surface area contributed by atoms with E-state index in [9.17, 15) is 0 Å². The third-order valence-corrected chi connectivity index (χ3v) is 3.46. The highest BCUT2D eigenvalue weighted by Crippen LogP contribution is 2.15. The summed E-state index contributed by atoms with van der Waals surface area (Å²) in [5.74, 6) is 0.599. The molecule has 1 N–H and O–H groups in total. The molecule has 0 amide bonds. The number of nitrogens with zero attached hydrogens (tertiary/aromatic N) is 2. The van der Waals surface area contributed by atoms with Crippen LogP contribution in [0.15, 0.2) is 36.4 Å². The van der Waals surface area contributed by atoms with Crippen LogP contribution in [0.25, 0.3) is 0 Å². The molecule has 0 aliphatic rings. The zero-order chi connectivity index (χ0) is 13.7. The Balaban J connectivity index is 2.06. The van der Waals surface area contributed by atoms with E-state index >= 15 is 0 Å². The maximum absolute atomic E-state index is 4.43. The molecule has 0 aliphatic carbocycles. The van der Waals surface area contributed by atoms with Gasteiger partial charge in [-0.25, -0.2) is 0 Å². The predicted molar refractivity (Wildman–Crippen MR) is 79.2 cm³/mol. The van der Waals surface area contributed by atoms with Gasteiger partial charge in [-0.05, 0) is 50.9 Å². The highest BCUT2D eigenvalue weighted by atomic mass is 15.3. The van der Waals surface area contributed by atoms with E-state index in [1.807, 2.05) is 25.7 Å². The number of nitrogens with one attached hydrogen (secondary N) is 1. The first-order valence-electron chi connectivity index (χ1n) is 6.87. The fourth-order valence-corrected chi connectivity index (χ4v) is 2.60. The molecule has 2 rings (SSSR count). The van der Waals surface area contributed by atoms with Gasteiger partial charge in [-0.15, -0.1) is 0 Å². The molecule has 0 spiro atoms. The molecule has 0 saturated heterocycles. The van der Waals surface area contributed by atoms with E-state index in [1.165, 1.54) is 11.3 Å². The van der Waals surface area contributed by atoms with Gasteiger partial charge in [0.05, 0.1) is 5.69 Å². The smallest absolute Gasteiger partial charge is 0.0596 e. The van der Waals surface area contributed by atoms with Crippen molar-refractivity contribution in [2.45, 2.75) is 19.8 Å². The van der Waals surface area contributed by atoms with Gasteiger partial charge in [-0.1, -0.05) is 30.3 Å². The van der Waals surface area contributed by atoms with Crippen LogP contribution in [0.2, 0.25) is 0 Å². The minimum Gasteiger partial charge on any atom is -0.319 e. The Morgan fingerprint density at radius 1 is 1.21 bits per heavy atom. The van der Waals surface area contributed by atoms with Crippen LogP contribution >= 0.6 is 0 Å². The SMILES string of the molecule is CNCC(Cc1ccccc1)Cc1cc(C)nn1C. The van der Waals surface area contributed by atoms with E-state index in [0.29, 0.717) is 5.92 Å². The molecule has 1 unspecified atom stereocenters. The molecule has 19 heavy (non-hydrogen) atoms. The molecule has 2 aromatic rings. The second-order valence-corrected chi connectivity index (χ2v) is 5.22. The summed E-state index contributed by atoms with van der Waals surface area (Å²) in [6, 6.07) is 12.9. The van der Waals surface area contributed by atoms with Crippen LogP contribution in [0.3, 0.4) is 0 Å². The fraction of sp³-hybridized carbons (Fsp3) is 0.438. The zero-order valence-corrected chi connectivity index (χ0v) is 12.1. The lowest BCUT2D eigenvalue weighted by molar-refractivity contribution is 0.477. The highest BCUT2D eigenvalue weighted by molar-refractivity contribution is 5.16. The van der Waals surface area contributed by atoms with Crippen LogP contribution in [0.4, 0.5) is 0 Å². The Hall–Kier alpha value is -1.61. The zero-order valence-electron chi connectivity index (χ0n) is 12.1. The van der Waals surface area contributed by atoms with Crippen LogP contribution in [0.5, 0.6) is 0 Å². The lowest BCUT2D eigenvalue weighted by atomic mass is 9.94. The van der Waals surface area contributed by atoms with Crippen molar-refractivity contribution in [2.24, 2.45) is 13.0 Å². The van der Waals surface area contributed by atoms with Crippen molar-refractivity contribution in [1.82, 2.24) is 15.1 Å². The number of rotatable bonds is 6. The molecule has 3 nitrogen and oxygen atoms in total. The first-order valence-corrected chi connectivity index (χ1v) is 6.87. The highest BCUT2D eigenvalue weighted by Gasteiger charge is 2.13. The number of aromatic nitrogens is 2. The van der Waals surface area contributed by atoms with E-state index < -0.39 is 0 Å². The third kappa shape index (κ3) is 3.93. The maximum atomic E-state index is 4.43. The van der Waals surface area contributed by atoms with Gasteiger partial charge in [-0.2, -0.15) is 5.10 Å². The quantitative estimate of drug-likeness (QED) is 0.861. The second-order valence-electron chi connectivity index (χ2n) is 5.22. The Morgan fingerprint density at radius 3 is 2.53 bits per heavy atom. The first-order chi connectivity index (χ1) is 9.19. The Kier molecular flexibility index (Phi) is 4.74. The van der Waals surface area contributed by atoms with E-state index in [0.717, 1.165) is 25.1 Å². The van der Waals surface area contributed by atoms with Crippen LogP contribution in [0.1, 0.15) is 17.0 Å². The van der Waals surface area contributed by atoms with Gasteiger partial charge < -0.3 is 5.32 Å². The van der Waals surface area contributed by atoms with E-state index in [1.54, 1.807) is 0 Å². The lowest BCUT2D eigenvalue weighted by Crippen LogP contribution is -2.23. The molecule has 102 valence electrons. The Morgan fingerprint density at radius 2 is 1.95 bits per heavy atom. The van der Waals surface area contributed by atoms with Crippen molar-refractivity contribution in [3.05, 3.63) is 53.3 Å². The average molecular weight is 257 g/mol. The molecule has 0 radical (unpaired) electrons. The van der Waals surface area contributed by atoms with Gasteiger partial charge in [-0.3, -0.25) is 4.68 Å². The molecule has 1 atom stereocenters. The standard InChI is InChI=1S/C16H23N3/c1-13-9-16(19(3)18-13)11-15(12-17-2)10-14-7-5-4-6-8-14/h4-9,15,17H,10-12H2,1-3H3. The molecular formula is C16H23N3. The summed E-state index contributed by atoms with van der Waals surface area (Å²) in [6.45, 7) is 3.08. The number of benzene rings is 1. The van der Waals surface area contributed by atoms with Crippen LogP contribution < -0.4 is 5.32 Å². The molecule has 0 aliphatic heterocycles. The van der Waals surface area contributed by atoms with E-state index in [2.05, 4.69) is 46.8 Å². The number of hydrogen-bond acceptors (Lipinski definition) is 2. The molecule has 1 heterocycles. The molecular weight excluding hydrogens is 234 g/mol. The van der Waals surface area contributed by atoms with Crippen LogP contribution in [-0.2, 0) is 19.9 Å². The van der Waals surface area contributed by atoms with Crippen molar-refractivity contribution in [3.8, 4) is 0 Å². The number of aryl methyl sites for hydroxylation is 2. The van der Waals surface area contributed by atoms with Gasteiger partial charge in [0.25, 0.3) is 0 Å². The minimum atomic E-state index is 0.599. The van der Waals surface area contributed by atoms with Crippen molar-refractivity contribution >= 4 is 0 Å². The third-order valence-electron chi connectivity index (χ3n) is 3.46. The summed E-state index contributed by atoms with van der Waals surface area (Å²) in [5.41, 5.74) is 3.82. The van der Waals surface area contributed by atoms with Gasteiger partial charge in [0.15, 0.2) is 0 Å². The second kappa shape index (κ2) is 6.53. The minimum absolute atomic E-state index is 0.599. The molecule has 0 bridgehead atoms. The normalized spacial score (nSPS) is 12.6. The van der Waals surface area contributed by atoms with Crippen LogP contribution in [0, 0.1) is 12.8 Å². The van der Waals surface area contributed by atoms with Crippen LogP contribution in [-0.4, -0.2) is 23.4 Å². The topological polar surface area (TPSA) is 29.9 Å². The average Bonchev–Trinajstić information content (AvgIpc) is 2.69. The fourth-order valence-electron chi connectivity index (χ4n) is 2.60. The van der Waals surface area contributed by atoms with Crippen molar-refractivity contribution in [3.63, 3.8) is 0 Å². The van der Waals surface area contributed by atoms with Gasteiger partial charge in [0.1, 0.15) is 0 Å². The molecule has 1 aromatic heterocycles. The van der Waals surface area contributed by atoms with Gasteiger partial charge in [0, 0.05) is 12.7 Å². The first kappa shape index (κ1) is 13.8. The monoisotopic (exact) mass is 257 g/mol. The Bertz CT molecular complexity index is 502. The largest absolute Gasteiger partial charge is 0.319 e. The summed E-state index contributed by atoms with van der Waals surface area (Å²) in [5, 5.41) is 7.73. The summed E-state index contributed by atoms with van der Waals surface area (Å²) < 4.78 is 2.00. The van der Waals surface area contributed by atoms with E-state index in [-0.39, 0.29) is 0 Å². The molecule has 3 heteroatoms. The van der Waals surface area contributed by atoms with Crippen molar-refractivity contribution in [1.29, 1.82) is 0 Å². The van der Waals surface area contributed by atoms with Gasteiger partial charge >= 0.3 is 0 Å². The van der Waals surface area contributed by atoms with Crippen molar-refractivity contribution < 1.29 is 0 Å². The summed E-state index contributed by atoms with van der Waals surface area (Å²) in [4.78, 5) is 0. The summed E-state index contributed by atoms with van der Waals surface area (Å²) in [7, 11) is 4.05. The molecule has 0 fully saturated rings. The number of hydrogen-bond donors (Lipinski definition) is 1. The van der Waals surface area contributed by atoms with E-state index in [4.69, 9.17) is 0 Å². The van der Waals surface area contributed by atoms with Gasteiger partial charge in [0.2, 0.25) is 0 Å². The molecule has 1 aromatic carbocycles. The summed E-state index contributed by atoms with van der Waals surface area (Å²) in [6.07, 6.45) is 2.17. The lowest BCUT2D eigenvalue weighted by Gasteiger charge is -2.16. The predicted octanol–water partition coefficient (Wildman–Crippen LogP) is 2.35.